The van der Waals surface area contributed by atoms with Crippen molar-refractivity contribution in [3.05, 3.63) is 10.4 Å². The van der Waals surface area contributed by atoms with Crippen LogP contribution in [0.5, 0.6) is 0 Å². The molecule has 2 aromatic heterocycles. The molecule has 0 radical (unpaired) electrons. The van der Waals surface area contributed by atoms with Crippen molar-refractivity contribution in [3.63, 3.8) is 0 Å². The minimum absolute atomic E-state index is 0.150. The second-order valence-electron chi connectivity index (χ2n) is 7.22. The van der Waals surface area contributed by atoms with Crippen LogP contribution < -0.4 is 5.73 Å². The summed E-state index contributed by atoms with van der Waals surface area (Å²) in [6, 6.07) is 0. The van der Waals surface area contributed by atoms with Crippen LogP contribution in [0.15, 0.2) is 5.16 Å². The molecule has 0 saturated carbocycles. The van der Waals surface area contributed by atoms with E-state index in [1.807, 2.05) is 4.90 Å². The predicted molar refractivity (Wildman–Crippen MR) is 106 cm³/mol. The van der Waals surface area contributed by atoms with Crippen LogP contribution in [-0.4, -0.2) is 45.2 Å². The Morgan fingerprint density at radius 1 is 1.38 bits per heavy atom. The first-order valence-corrected chi connectivity index (χ1v) is 10.9. The van der Waals surface area contributed by atoms with Gasteiger partial charge in [-0.1, -0.05) is 18.7 Å². The molecule has 0 bridgehead atoms. The van der Waals surface area contributed by atoms with E-state index in [9.17, 15) is 4.79 Å². The van der Waals surface area contributed by atoms with E-state index < -0.39 is 0 Å². The van der Waals surface area contributed by atoms with Crippen LogP contribution >= 0.6 is 23.1 Å². The third-order valence-corrected chi connectivity index (χ3v) is 7.31. The number of hydrogen-bond acceptors (Lipinski definition) is 7. The summed E-state index contributed by atoms with van der Waals surface area (Å²) in [6.07, 6.45) is 4.00. The van der Waals surface area contributed by atoms with Crippen molar-refractivity contribution >= 4 is 45.0 Å². The number of nitrogen functional groups attached to an aromatic ring is 1. The number of rotatable bonds is 4. The average Bonchev–Trinajstić information content (AvgIpc) is 3.27. The molecule has 140 valence electrons. The molecule has 26 heavy (non-hydrogen) atoms. The summed E-state index contributed by atoms with van der Waals surface area (Å²) in [5, 5.41) is 1.56. The minimum Gasteiger partial charge on any atom is -0.383 e. The van der Waals surface area contributed by atoms with Gasteiger partial charge in [0, 0.05) is 24.4 Å². The van der Waals surface area contributed by atoms with Crippen LogP contribution in [0.3, 0.4) is 0 Å². The molecule has 0 spiro atoms. The molecule has 0 aliphatic carbocycles. The summed E-state index contributed by atoms with van der Waals surface area (Å²) >= 11 is 3.01. The maximum Gasteiger partial charge on any atom is 0.233 e. The van der Waals surface area contributed by atoms with Gasteiger partial charge in [0.1, 0.15) is 10.6 Å². The quantitative estimate of drug-likeness (QED) is 0.635. The van der Waals surface area contributed by atoms with Gasteiger partial charge in [-0.05, 0) is 31.7 Å². The number of amides is 1. The van der Waals surface area contributed by atoms with E-state index in [4.69, 9.17) is 10.5 Å². The Hall–Kier alpha value is -1.38. The Labute approximate surface area is 161 Å². The molecule has 0 aromatic carbocycles. The molecule has 2 aliphatic heterocycles. The molecule has 8 heteroatoms. The molecule has 1 saturated heterocycles. The second kappa shape index (κ2) is 6.98. The summed E-state index contributed by atoms with van der Waals surface area (Å²) in [6.45, 7) is 6.64. The fourth-order valence-electron chi connectivity index (χ4n) is 3.56. The van der Waals surface area contributed by atoms with Crippen molar-refractivity contribution in [2.45, 2.75) is 56.9 Å². The van der Waals surface area contributed by atoms with Crippen molar-refractivity contribution in [2.24, 2.45) is 0 Å². The molecule has 4 heterocycles. The van der Waals surface area contributed by atoms with Crippen molar-refractivity contribution < 1.29 is 9.53 Å². The first-order valence-electron chi connectivity index (χ1n) is 9.11. The number of carbonyl (C=O) groups is 1. The van der Waals surface area contributed by atoms with Crippen LogP contribution in [0.2, 0.25) is 0 Å². The number of likely N-dealkylation sites (tertiary alicyclic amines) is 1. The predicted octanol–water partition coefficient (Wildman–Crippen LogP) is 3.23. The zero-order valence-electron chi connectivity index (χ0n) is 15.2. The third-order valence-electron chi connectivity index (χ3n) is 5.38. The Morgan fingerprint density at radius 2 is 2.15 bits per heavy atom. The van der Waals surface area contributed by atoms with Crippen LogP contribution in [-0.2, 0) is 22.6 Å². The molecule has 1 fully saturated rings. The SMILES string of the molecule is CC[C@@]1(C)Cc2c(sc3nc(SCC(=O)N4CCCC4)nc(N)c23)CO1. The van der Waals surface area contributed by atoms with Gasteiger partial charge in [0.05, 0.1) is 23.3 Å². The van der Waals surface area contributed by atoms with Gasteiger partial charge in [-0.3, -0.25) is 4.79 Å². The molecule has 2 aromatic rings. The molecule has 6 nitrogen and oxygen atoms in total. The van der Waals surface area contributed by atoms with Crippen molar-refractivity contribution in [1.29, 1.82) is 0 Å². The third kappa shape index (κ3) is 3.30. The van der Waals surface area contributed by atoms with Gasteiger partial charge >= 0.3 is 0 Å². The second-order valence-corrected chi connectivity index (χ2v) is 9.25. The first kappa shape index (κ1) is 18.0. The van der Waals surface area contributed by atoms with E-state index in [-0.39, 0.29) is 11.5 Å². The normalized spacial score (nSPS) is 22.8. The lowest BCUT2D eigenvalue weighted by atomic mass is 9.90. The van der Waals surface area contributed by atoms with E-state index in [0.29, 0.717) is 23.3 Å². The summed E-state index contributed by atoms with van der Waals surface area (Å²) in [7, 11) is 0. The number of thiophene rings is 1. The smallest absolute Gasteiger partial charge is 0.233 e. The van der Waals surface area contributed by atoms with Gasteiger partial charge in [0.25, 0.3) is 0 Å². The molecule has 4 rings (SSSR count). The monoisotopic (exact) mass is 392 g/mol. The van der Waals surface area contributed by atoms with Gasteiger partial charge in [-0.2, -0.15) is 0 Å². The number of thioether (sulfide) groups is 1. The highest BCUT2D eigenvalue weighted by molar-refractivity contribution is 7.99. The fourth-order valence-corrected chi connectivity index (χ4v) is 5.48. The van der Waals surface area contributed by atoms with Crippen LogP contribution in [0.4, 0.5) is 5.82 Å². The highest BCUT2D eigenvalue weighted by atomic mass is 32.2. The maximum atomic E-state index is 12.2. The summed E-state index contributed by atoms with van der Waals surface area (Å²) in [5.41, 5.74) is 7.38. The Kier molecular flexibility index (Phi) is 4.83. The van der Waals surface area contributed by atoms with Gasteiger partial charge in [0.15, 0.2) is 5.16 Å². The number of ether oxygens (including phenoxy) is 1. The summed E-state index contributed by atoms with van der Waals surface area (Å²) in [5.74, 6) is 1.05. The minimum atomic E-state index is -0.150. The van der Waals surface area contributed by atoms with Crippen LogP contribution in [0.25, 0.3) is 10.2 Å². The molecule has 1 atom stereocenters. The van der Waals surface area contributed by atoms with E-state index in [2.05, 4.69) is 23.8 Å². The van der Waals surface area contributed by atoms with E-state index in [0.717, 1.165) is 49.0 Å². The number of carbonyl (C=O) groups excluding carboxylic acids is 1. The van der Waals surface area contributed by atoms with Crippen molar-refractivity contribution in [3.8, 4) is 0 Å². The molecule has 2 N–H and O–H groups in total. The molecule has 2 aliphatic rings. The lowest BCUT2D eigenvalue weighted by Gasteiger charge is -2.33. The first-order chi connectivity index (χ1) is 12.5. The standard InChI is InChI=1S/C18H24N4O2S2/c1-3-18(2)8-11-12(9-24-18)26-16-14(11)15(19)20-17(21-16)25-10-13(23)22-6-4-5-7-22/h3-10H2,1-2H3,(H2,19,20,21)/t18-/m0/s1. The number of nitrogens with two attached hydrogens (primary N) is 1. The van der Waals surface area contributed by atoms with Crippen molar-refractivity contribution in [2.75, 3.05) is 24.6 Å². The van der Waals surface area contributed by atoms with Gasteiger partial charge < -0.3 is 15.4 Å². The lowest BCUT2D eigenvalue weighted by Crippen LogP contribution is -2.33. The topological polar surface area (TPSA) is 81.3 Å². The number of fused-ring (bicyclic) bond motifs is 3. The molecular weight excluding hydrogens is 368 g/mol. The van der Waals surface area contributed by atoms with Gasteiger partial charge in [0.2, 0.25) is 5.91 Å². The number of hydrogen-bond donors (Lipinski definition) is 1. The molecule has 1 amide bonds. The van der Waals surface area contributed by atoms with Crippen LogP contribution in [0, 0.1) is 0 Å². The number of anilines is 1. The van der Waals surface area contributed by atoms with Crippen LogP contribution in [0.1, 0.15) is 43.6 Å². The van der Waals surface area contributed by atoms with Gasteiger partial charge in [-0.15, -0.1) is 11.3 Å². The summed E-state index contributed by atoms with van der Waals surface area (Å²) < 4.78 is 6.04. The maximum absolute atomic E-state index is 12.2. The Morgan fingerprint density at radius 3 is 2.88 bits per heavy atom. The zero-order valence-corrected chi connectivity index (χ0v) is 16.8. The lowest BCUT2D eigenvalue weighted by molar-refractivity contribution is -0.127. The van der Waals surface area contributed by atoms with E-state index in [1.165, 1.54) is 22.2 Å². The summed E-state index contributed by atoms with van der Waals surface area (Å²) in [4.78, 5) is 25.4. The number of nitrogens with zero attached hydrogens (tertiary/aromatic N) is 3. The van der Waals surface area contributed by atoms with Gasteiger partial charge in [-0.25, -0.2) is 9.97 Å². The number of aromatic nitrogens is 2. The van der Waals surface area contributed by atoms with E-state index >= 15 is 0 Å². The highest BCUT2D eigenvalue weighted by Crippen LogP contribution is 2.41. The Bertz CT molecular complexity index is 847. The molecule has 0 unspecified atom stereocenters. The van der Waals surface area contributed by atoms with Crippen molar-refractivity contribution in [1.82, 2.24) is 14.9 Å². The Balaban J connectivity index is 1.57. The largest absolute Gasteiger partial charge is 0.383 e. The highest BCUT2D eigenvalue weighted by Gasteiger charge is 2.33. The fraction of sp³-hybridized carbons (Fsp3) is 0.611. The molecular formula is C18H24N4O2S2. The average molecular weight is 393 g/mol. The zero-order chi connectivity index (χ0) is 18.3. The van der Waals surface area contributed by atoms with E-state index in [1.54, 1.807) is 11.3 Å².